The van der Waals surface area contributed by atoms with Crippen molar-refractivity contribution >= 4 is 32.1 Å². The van der Waals surface area contributed by atoms with Gasteiger partial charge in [-0.25, -0.2) is 9.88 Å². The molecule has 3 aromatic rings. The Labute approximate surface area is 224 Å². The number of fused-ring (bicyclic) bond motifs is 1. The molecule has 16 heteroatoms. The summed E-state index contributed by atoms with van der Waals surface area (Å²) in [6.07, 6.45) is -9.19. The van der Waals surface area contributed by atoms with Gasteiger partial charge in [-0.15, -0.1) is 13.2 Å². The summed E-state index contributed by atoms with van der Waals surface area (Å²) in [4.78, 5) is 41.9. The van der Waals surface area contributed by atoms with Crippen molar-refractivity contribution in [1.29, 1.82) is 0 Å². The van der Waals surface area contributed by atoms with E-state index >= 15 is 0 Å². The Morgan fingerprint density at radius 1 is 0.975 bits per heavy atom. The van der Waals surface area contributed by atoms with Gasteiger partial charge in [-0.1, -0.05) is 0 Å². The second-order valence-electron chi connectivity index (χ2n) is 8.82. The Morgan fingerprint density at radius 2 is 1.68 bits per heavy atom. The fraction of sp³-hybridized carbons (Fsp3) is 0.292. The minimum absolute atomic E-state index is 0.142. The van der Waals surface area contributed by atoms with Crippen LogP contribution in [0, 0.1) is 20.8 Å². The number of hydrogen-bond acceptors (Lipinski definition) is 7. The highest BCUT2D eigenvalue weighted by atomic mass is 31.1. The minimum atomic E-state index is -4.94. The van der Waals surface area contributed by atoms with Gasteiger partial charge in [0.25, 0.3) is 11.5 Å². The van der Waals surface area contributed by atoms with Gasteiger partial charge in [0.2, 0.25) is 9.03 Å². The van der Waals surface area contributed by atoms with Crippen molar-refractivity contribution in [3.63, 3.8) is 0 Å². The molecule has 214 valence electrons. The van der Waals surface area contributed by atoms with Crippen LogP contribution in [0.5, 0.6) is 5.75 Å². The van der Waals surface area contributed by atoms with Gasteiger partial charge in [-0.3, -0.25) is 19.1 Å². The zero-order valence-electron chi connectivity index (χ0n) is 21.1. The van der Waals surface area contributed by atoms with Gasteiger partial charge in [-0.05, 0) is 56.7 Å². The van der Waals surface area contributed by atoms with E-state index in [1.54, 1.807) is 0 Å². The summed E-state index contributed by atoms with van der Waals surface area (Å²) in [6.45, 7) is 3.80. The van der Waals surface area contributed by atoms with Crippen molar-refractivity contribution in [2.45, 2.75) is 40.0 Å². The highest BCUT2D eigenvalue weighted by molar-refractivity contribution is 7.24. The van der Waals surface area contributed by atoms with E-state index in [2.05, 4.69) is 9.72 Å². The number of rotatable bonds is 6. The lowest BCUT2D eigenvalue weighted by molar-refractivity contribution is -0.274. The van der Waals surface area contributed by atoms with Crippen LogP contribution in [-0.2, 0) is 17.4 Å². The molecule has 4 rings (SSSR count). The van der Waals surface area contributed by atoms with E-state index in [0.29, 0.717) is 12.3 Å². The van der Waals surface area contributed by atoms with Crippen molar-refractivity contribution in [3.05, 3.63) is 74.8 Å². The largest absolute Gasteiger partial charge is 0.573 e. The van der Waals surface area contributed by atoms with Gasteiger partial charge in [0, 0.05) is 23.1 Å². The second-order valence-corrected chi connectivity index (χ2v) is 9.37. The molecule has 0 saturated carbocycles. The number of ether oxygens (including phenoxy) is 1. The highest BCUT2D eigenvalue weighted by Gasteiger charge is 2.39. The molecule has 1 N–H and O–H groups in total. The average molecular weight is 591 g/mol. The lowest BCUT2D eigenvalue weighted by atomic mass is 10.1. The van der Waals surface area contributed by atoms with Crippen LogP contribution in [0.2, 0.25) is 0 Å². The molecule has 0 bridgehead atoms. The molecule has 0 fully saturated rings. The predicted octanol–water partition coefficient (Wildman–Crippen LogP) is 5.05. The summed E-state index contributed by atoms with van der Waals surface area (Å²) in [5, 5.41) is 0. The van der Waals surface area contributed by atoms with Crippen molar-refractivity contribution in [1.82, 2.24) is 9.55 Å². The number of alkyl halides is 6. The molecule has 1 aromatic carbocycles. The molecule has 1 atom stereocenters. The molecule has 2 aromatic heterocycles. The predicted molar refractivity (Wildman–Crippen MR) is 134 cm³/mol. The van der Waals surface area contributed by atoms with Crippen LogP contribution in [0.15, 0.2) is 41.3 Å². The number of amides is 1. The summed E-state index contributed by atoms with van der Waals surface area (Å²) in [5.41, 5.74) is -0.975. The molecule has 0 radical (unpaired) electrons. The van der Waals surface area contributed by atoms with Crippen molar-refractivity contribution in [2.24, 2.45) is 0 Å². The third-order valence-corrected chi connectivity index (χ3v) is 6.48. The van der Waals surface area contributed by atoms with E-state index in [-0.39, 0.29) is 47.4 Å². The quantitative estimate of drug-likeness (QED) is 0.317. The van der Waals surface area contributed by atoms with Crippen LogP contribution in [0.25, 0.3) is 0 Å². The van der Waals surface area contributed by atoms with E-state index in [4.69, 9.17) is 9.42 Å². The normalized spacial score (nSPS) is 14.3. The van der Waals surface area contributed by atoms with Gasteiger partial charge in [0.1, 0.15) is 18.2 Å². The maximum atomic E-state index is 13.6. The van der Waals surface area contributed by atoms with E-state index < -0.39 is 49.9 Å². The first-order valence-corrected chi connectivity index (χ1v) is 12.4. The molecule has 9 nitrogen and oxygen atoms in total. The second kappa shape index (κ2) is 10.7. The maximum absolute atomic E-state index is 13.6. The summed E-state index contributed by atoms with van der Waals surface area (Å²) in [7, 11) is -1.41. The molecule has 3 heterocycles. The fourth-order valence-electron chi connectivity index (χ4n) is 4.32. The van der Waals surface area contributed by atoms with Gasteiger partial charge >= 0.3 is 12.5 Å². The van der Waals surface area contributed by atoms with Crippen molar-refractivity contribution < 1.29 is 45.3 Å². The molecule has 1 unspecified atom stereocenters. The highest BCUT2D eigenvalue weighted by Crippen LogP contribution is 2.40. The Bertz CT molecular complexity index is 1530. The Kier molecular flexibility index (Phi) is 7.85. The molecule has 0 saturated heterocycles. The summed E-state index contributed by atoms with van der Waals surface area (Å²) < 4.78 is 89.0. The maximum Gasteiger partial charge on any atom is 0.573 e. The zero-order chi connectivity index (χ0) is 29.6. The minimum Gasteiger partial charge on any atom is -0.406 e. The van der Waals surface area contributed by atoms with E-state index in [1.165, 1.54) is 42.4 Å². The van der Waals surface area contributed by atoms with Crippen LogP contribution in [0.3, 0.4) is 0 Å². The summed E-state index contributed by atoms with van der Waals surface area (Å²) in [6, 6.07) is 5.44. The Hall–Kier alpha value is -3.68. The third-order valence-electron chi connectivity index (χ3n) is 6.18. The number of nitrogens with zero attached hydrogens (tertiary/aromatic N) is 4. The van der Waals surface area contributed by atoms with Crippen molar-refractivity contribution in [3.8, 4) is 5.75 Å². The molecule has 1 aliphatic rings. The van der Waals surface area contributed by atoms with E-state index in [9.17, 15) is 35.9 Å². The van der Waals surface area contributed by atoms with Gasteiger partial charge < -0.3 is 9.64 Å². The SMILES string of the molecule is Cc1cc(OC(F)(F)F)ccc1N1CN(c2cc(C)c(=O)n(CO[PH2+]O)c2C)C(=O)c2cc(C(F)(F)F)cnc21. The van der Waals surface area contributed by atoms with Crippen LogP contribution in [0.1, 0.15) is 32.7 Å². The van der Waals surface area contributed by atoms with Crippen LogP contribution in [-0.4, -0.2) is 33.4 Å². The average Bonchev–Trinajstić information content (AvgIpc) is 2.85. The lowest BCUT2D eigenvalue weighted by Crippen LogP contribution is -2.46. The number of aryl methyl sites for hydroxylation is 2. The molecule has 1 amide bonds. The Balaban J connectivity index is 1.90. The van der Waals surface area contributed by atoms with Gasteiger partial charge in [-0.2, -0.15) is 17.7 Å². The molecular weight excluding hydrogens is 569 g/mol. The number of benzene rings is 1. The summed E-state index contributed by atoms with van der Waals surface area (Å²) in [5.74, 6) is -1.50. The number of carbonyl (C=O) groups excluding carboxylic acids is 1. The number of halogens is 6. The van der Waals surface area contributed by atoms with E-state index in [1.807, 2.05) is 0 Å². The molecule has 40 heavy (non-hydrogen) atoms. The first-order valence-electron chi connectivity index (χ1n) is 11.4. The zero-order valence-corrected chi connectivity index (χ0v) is 22.2. The molecular formula is C24H22F6N4O5P+. The van der Waals surface area contributed by atoms with E-state index in [0.717, 1.165) is 17.0 Å². The standard InChI is InChI=1S/C24H22F6N4O5P/c1-12-6-16(39-24(28,29)30)4-5-18(12)32-10-33(19-7-13(2)21(35)34(14(19)3)11-38-40-37)22(36)17-8-15(23(25,26)27)9-31-20(17)32/h4-9,37H,10-11,40H2,1-3H3/q+1. The molecule has 0 aliphatic carbocycles. The smallest absolute Gasteiger partial charge is 0.406 e. The van der Waals surface area contributed by atoms with Gasteiger partial charge in [0.15, 0.2) is 6.73 Å². The van der Waals surface area contributed by atoms with Gasteiger partial charge in [0.05, 0.1) is 16.8 Å². The van der Waals surface area contributed by atoms with Crippen LogP contribution in [0.4, 0.5) is 43.5 Å². The monoisotopic (exact) mass is 591 g/mol. The Morgan fingerprint density at radius 3 is 2.27 bits per heavy atom. The summed E-state index contributed by atoms with van der Waals surface area (Å²) >= 11 is 0. The molecule has 1 aliphatic heterocycles. The number of hydrogen-bond donors (Lipinski definition) is 1. The van der Waals surface area contributed by atoms with Crippen molar-refractivity contribution in [2.75, 3.05) is 16.5 Å². The van der Waals surface area contributed by atoms with Crippen LogP contribution < -0.4 is 20.1 Å². The first kappa shape index (κ1) is 29.3. The molecule has 0 spiro atoms. The first-order chi connectivity index (χ1) is 18.6. The number of carbonyl (C=O) groups is 1. The lowest BCUT2D eigenvalue weighted by Gasteiger charge is -2.38. The fourth-order valence-corrected chi connectivity index (χ4v) is 4.53. The topological polar surface area (TPSA) is 97.1 Å². The number of aromatic nitrogens is 2. The number of anilines is 3. The number of pyridine rings is 2. The van der Waals surface area contributed by atoms with Crippen LogP contribution >= 0.6 is 9.03 Å². The third kappa shape index (κ3) is 5.76.